The van der Waals surface area contributed by atoms with E-state index in [9.17, 15) is 4.79 Å². The van der Waals surface area contributed by atoms with Gasteiger partial charge in [0.2, 0.25) is 11.8 Å². The van der Waals surface area contributed by atoms with Crippen molar-refractivity contribution in [2.24, 2.45) is 0 Å². The molecule has 1 aliphatic rings. The second-order valence-corrected chi connectivity index (χ2v) is 6.54. The van der Waals surface area contributed by atoms with E-state index in [4.69, 9.17) is 9.47 Å². The van der Waals surface area contributed by atoms with Crippen molar-refractivity contribution in [3.8, 4) is 22.8 Å². The molecule has 3 aromatic rings. The Balaban J connectivity index is 1.72. The van der Waals surface area contributed by atoms with E-state index in [0.29, 0.717) is 18.1 Å². The van der Waals surface area contributed by atoms with E-state index >= 15 is 0 Å². The molecule has 6 heteroatoms. The zero-order valence-corrected chi connectivity index (χ0v) is 15.4. The van der Waals surface area contributed by atoms with E-state index in [2.05, 4.69) is 9.97 Å². The third-order valence-electron chi connectivity index (χ3n) is 4.81. The highest BCUT2D eigenvalue weighted by atomic mass is 16.5. The summed E-state index contributed by atoms with van der Waals surface area (Å²) in [6.45, 7) is 2.64. The number of hydrogen-bond acceptors (Lipinski definition) is 5. The molecule has 1 saturated heterocycles. The molecule has 0 unspecified atom stereocenters. The number of rotatable bonds is 5. The minimum Gasteiger partial charge on any atom is -0.481 e. The summed E-state index contributed by atoms with van der Waals surface area (Å²) >= 11 is 0. The number of likely N-dealkylation sites (tertiary alicyclic amines) is 1. The molecule has 138 valence electrons. The van der Waals surface area contributed by atoms with Gasteiger partial charge in [0.05, 0.1) is 12.6 Å². The van der Waals surface area contributed by atoms with Crippen LogP contribution in [0, 0.1) is 0 Å². The molecule has 0 aliphatic carbocycles. The van der Waals surface area contributed by atoms with Crippen molar-refractivity contribution in [1.29, 1.82) is 0 Å². The van der Waals surface area contributed by atoms with Gasteiger partial charge in [0, 0.05) is 42.4 Å². The maximum Gasteiger partial charge on any atom is 0.225 e. The summed E-state index contributed by atoms with van der Waals surface area (Å²) in [6, 6.07) is 11.6. The van der Waals surface area contributed by atoms with Crippen LogP contribution >= 0.6 is 0 Å². The molecule has 4 rings (SSSR count). The highest BCUT2D eigenvalue weighted by Gasteiger charge is 2.26. The van der Waals surface area contributed by atoms with Crippen molar-refractivity contribution in [2.45, 2.75) is 26.0 Å². The smallest absolute Gasteiger partial charge is 0.225 e. The molecule has 1 aromatic carbocycles. The second-order valence-electron chi connectivity index (χ2n) is 6.54. The predicted molar refractivity (Wildman–Crippen MR) is 103 cm³/mol. The van der Waals surface area contributed by atoms with Crippen LogP contribution in [0.15, 0.2) is 48.8 Å². The summed E-state index contributed by atoms with van der Waals surface area (Å²) in [5, 5.41) is 0.918. The molecular weight excluding hydrogens is 342 g/mol. The van der Waals surface area contributed by atoms with Crippen LogP contribution in [-0.2, 0) is 4.79 Å². The molecule has 1 fully saturated rings. The number of nitrogens with zero attached hydrogens (tertiary/aromatic N) is 3. The maximum atomic E-state index is 12.0. The van der Waals surface area contributed by atoms with E-state index < -0.39 is 0 Å². The molecule has 0 spiro atoms. The van der Waals surface area contributed by atoms with Gasteiger partial charge in [0.1, 0.15) is 5.75 Å². The van der Waals surface area contributed by atoms with Crippen molar-refractivity contribution in [2.75, 3.05) is 13.7 Å². The second kappa shape index (κ2) is 7.23. The molecule has 0 saturated carbocycles. The molecule has 0 bridgehead atoms. The van der Waals surface area contributed by atoms with Crippen molar-refractivity contribution < 1.29 is 14.3 Å². The van der Waals surface area contributed by atoms with Crippen LogP contribution in [0.2, 0.25) is 0 Å². The van der Waals surface area contributed by atoms with Crippen LogP contribution in [0.5, 0.6) is 11.6 Å². The Labute approximate surface area is 157 Å². The normalized spacial score (nSPS) is 15.2. The molecule has 2 aromatic heterocycles. The third kappa shape index (κ3) is 3.43. The van der Waals surface area contributed by atoms with E-state index in [-0.39, 0.29) is 12.1 Å². The van der Waals surface area contributed by atoms with Gasteiger partial charge in [-0.05, 0) is 49.2 Å². The fourth-order valence-electron chi connectivity index (χ4n) is 3.39. The molecule has 0 radical (unpaired) electrons. The highest BCUT2D eigenvalue weighted by molar-refractivity contribution is 5.90. The quantitative estimate of drug-likeness (QED) is 0.692. The Hall–Kier alpha value is -3.15. The van der Waals surface area contributed by atoms with Gasteiger partial charge in [0.25, 0.3) is 0 Å². The number of benzene rings is 1. The van der Waals surface area contributed by atoms with Crippen molar-refractivity contribution in [3.05, 3.63) is 48.8 Å². The Morgan fingerprint density at radius 1 is 1.15 bits per heavy atom. The first kappa shape index (κ1) is 17.3. The van der Waals surface area contributed by atoms with Gasteiger partial charge in [-0.25, -0.2) is 4.98 Å². The number of aromatic nitrogens is 2. The van der Waals surface area contributed by atoms with E-state index in [0.717, 1.165) is 35.0 Å². The van der Waals surface area contributed by atoms with Gasteiger partial charge in [-0.2, -0.15) is 0 Å². The molecule has 6 nitrogen and oxygen atoms in total. The Morgan fingerprint density at radius 3 is 2.74 bits per heavy atom. The summed E-state index contributed by atoms with van der Waals surface area (Å²) < 4.78 is 11.3. The van der Waals surface area contributed by atoms with Crippen LogP contribution in [0.4, 0.5) is 0 Å². The number of fused-ring (bicyclic) bond motifs is 1. The van der Waals surface area contributed by atoms with Gasteiger partial charge >= 0.3 is 0 Å². The summed E-state index contributed by atoms with van der Waals surface area (Å²) in [5.74, 6) is 1.41. The van der Waals surface area contributed by atoms with E-state index in [1.54, 1.807) is 24.4 Å². The van der Waals surface area contributed by atoms with Gasteiger partial charge in [-0.15, -0.1) is 0 Å². The number of carbonyl (C=O) groups excluding carboxylic acids is 1. The first-order chi connectivity index (χ1) is 13.2. The van der Waals surface area contributed by atoms with E-state index in [1.807, 2.05) is 43.3 Å². The number of hydrogen-bond donors (Lipinski definition) is 0. The average Bonchev–Trinajstić information content (AvgIpc) is 3.14. The minimum absolute atomic E-state index is 0.139. The summed E-state index contributed by atoms with van der Waals surface area (Å²) in [7, 11) is 1.59. The van der Waals surface area contributed by atoms with Crippen molar-refractivity contribution in [1.82, 2.24) is 14.9 Å². The number of carbonyl (C=O) groups is 1. The number of ether oxygens (including phenoxy) is 2. The monoisotopic (exact) mass is 363 g/mol. The number of pyridine rings is 2. The van der Waals surface area contributed by atoms with Crippen LogP contribution < -0.4 is 9.47 Å². The topological polar surface area (TPSA) is 64.6 Å². The predicted octanol–water partition coefficient (Wildman–Crippen LogP) is 3.65. The number of amides is 1. The Bertz CT molecular complexity index is 972. The molecule has 3 heterocycles. The fraction of sp³-hybridized carbons (Fsp3) is 0.286. The summed E-state index contributed by atoms with van der Waals surface area (Å²) in [4.78, 5) is 22.6. The maximum absolute atomic E-state index is 12.0. The van der Waals surface area contributed by atoms with Crippen LogP contribution in [0.25, 0.3) is 22.0 Å². The van der Waals surface area contributed by atoms with Gasteiger partial charge in [-0.1, -0.05) is 0 Å². The largest absolute Gasteiger partial charge is 0.481 e. The molecular formula is C21H21N3O3. The molecule has 0 N–H and O–H groups in total. The molecule has 27 heavy (non-hydrogen) atoms. The lowest BCUT2D eigenvalue weighted by molar-refractivity contribution is -0.134. The van der Waals surface area contributed by atoms with Gasteiger partial charge < -0.3 is 14.4 Å². The lowest BCUT2D eigenvalue weighted by atomic mass is 10.0. The standard InChI is InChI=1S/C21H21N3O3/c1-14(24-10-4-6-21(24)25)27-19-12-16(11-18-17(19)5-3-9-22-18)15-7-8-20(26-2)23-13-15/h3,5,7-9,11-14H,4,6,10H2,1-2H3/t14-/m1/s1. The minimum atomic E-state index is -0.326. The zero-order valence-electron chi connectivity index (χ0n) is 15.4. The van der Waals surface area contributed by atoms with Crippen LogP contribution in [0.3, 0.4) is 0 Å². The number of methoxy groups -OCH3 is 1. The SMILES string of the molecule is COc1ccc(-c2cc(O[C@H](C)N3CCCC3=O)c3cccnc3c2)cn1. The lowest BCUT2D eigenvalue weighted by Crippen LogP contribution is -2.38. The van der Waals surface area contributed by atoms with E-state index in [1.165, 1.54) is 0 Å². The van der Waals surface area contributed by atoms with Crippen LogP contribution in [-0.4, -0.2) is 40.7 Å². The van der Waals surface area contributed by atoms with Crippen molar-refractivity contribution in [3.63, 3.8) is 0 Å². The van der Waals surface area contributed by atoms with Gasteiger partial charge in [-0.3, -0.25) is 9.78 Å². The lowest BCUT2D eigenvalue weighted by Gasteiger charge is -2.25. The Kier molecular flexibility index (Phi) is 4.62. The van der Waals surface area contributed by atoms with Crippen molar-refractivity contribution >= 4 is 16.8 Å². The highest BCUT2D eigenvalue weighted by Crippen LogP contribution is 2.33. The third-order valence-corrected chi connectivity index (χ3v) is 4.81. The van der Waals surface area contributed by atoms with Gasteiger partial charge in [0.15, 0.2) is 6.23 Å². The molecule has 1 aliphatic heterocycles. The first-order valence-electron chi connectivity index (χ1n) is 9.01. The van der Waals surface area contributed by atoms with Crippen LogP contribution in [0.1, 0.15) is 19.8 Å². The first-order valence-corrected chi connectivity index (χ1v) is 9.01. The molecule has 1 amide bonds. The molecule has 1 atom stereocenters. The fourth-order valence-corrected chi connectivity index (χ4v) is 3.39. The zero-order chi connectivity index (χ0) is 18.8. The summed E-state index contributed by atoms with van der Waals surface area (Å²) in [6.07, 6.45) is 4.67. The Morgan fingerprint density at radius 2 is 2.04 bits per heavy atom. The summed E-state index contributed by atoms with van der Waals surface area (Å²) in [5.41, 5.74) is 2.73. The average molecular weight is 363 g/mol.